The van der Waals surface area contributed by atoms with Crippen molar-refractivity contribution in [3.63, 3.8) is 0 Å². The first-order valence-electron chi connectivity index (χ1n) is 16.0. The maximum absolute atomic E-state index is 16.8. The Labute approximate surface area is 259 Å². The van der Waals surface area contributed by atoms with Crippen LogP contribution >= 0.6 is 0 Å². The number of aryl methyl sites for hydroxylation is 1. The van der Waals surface area contributed by atoms with E-state index in [-0.39, 0.29) is 45.9 Å². The molecule has 11 heteroatoms. The third kappa shape index (κ3) is 5.05. The highest BCUT2D eigenvalue weighted by molar-refractivity contribution is 6.03. The van der Waals surface area contributed by atoms with Crippen LogP contribution in [0.25, 0.3) is 32.8 Å². The molecular weight excluding hydrogens is 583 g/mol. The van der Waals surface area contributed by atoms with Crippen LogP contribution in [0, 0.1) is 17.5 Å². The topological polar surface area (TPSA) is 83.0 Å². The predicted molar refractivity (Wildman–Crippen MR) is 165 cm³/mol. The Bertz CT molecular complexity index is 1790. The average molecular weight is 620 g/mol. The van der Waals surface area contributed by atoms with Crippen molar-refractivity contribution in [2.45, 2.75) is 63.3 Å². The lowest BCUT2D eigenvalue weighted by Crippen LogP contribution is -2.51. The van der Waals surface area contributed by atoms with E-state index in [9.17, 15) is 9.50 Å². The lowest BCUT2D eigenvalue weighted by atomic mass is 9.91. The highest BCUT2D eigenvalue weighted by Crippen LogP contribution is 2.42. The first-order valence-corrected chi connectivity index (χ1v) is 16.0. The van der Waals surface area contributed by atoms with Crippen molar-refractivity contribution in [2.75, 3.05) is 44.3 Å². The minimum atomic E-state index is -0.900. The van der Waals surface area contributed by atoms with Crippen LogP contribution in [-0.2, 0) is 11.2 Å². The number of nitrogens with zero attached hydrogens (tertiary/aromatic N) is 4. The second kappa shape index (κ2) is 11.3. The molecule has 0 aliphatic carbocycles. The van der Waals surface area contributed by atoms with Crippen molar-refractivity contribution >= 4 is 27.5 Å². The van der Waals surface area contributed by atoms with Gasteiger partial charge in [-0.1, -0.05) is 13.0 Å². The SMILES string of the molecule is CCc1c(F)ccc2cc(O)cc(-c3c(F)cc4c(N5CC6CCC(C5)N6)nc(OCCCN5CC6CC5CO6)nc4c3F)c12. The summed E-state index contributed by atoms with van der Waals surface area (Å²) >= 11 is 0. The molecule has 0 radical (unpaired) electrons. The number of likely N-dealkylation sites (tertiary alicyclic amines) is 1. The molecule has 4 bridgehead atoms. The molecule has 8 rings (SSSR count). The maximum atomic E-state index is 16.8. The van der Waals surface area contributed by atoms with Crippen LogP contribution in [0.1, 0.15) is 38.2 Å². The third-order valence-corrected chi connectivity index (χ3v) is 9.97. The van der Waals surface area contributed by atoms with E-state index in [0.29, 0.717) is 60.4 Å². The molecule has 4 fully saturated rings. The summed E-state index contributed by atoms with van der Waals surface area (Å²) in [6.07, 6.45) is 4.51. The fraction of sp³-hybridized carbons (Fsp3) is 0.471. The van der Waals surface area contributed by atoms with E-state index in [2.05, 4.69) is 20.1 Å². The third-order valence-electron chi connectivity index (χ3n) is 9.97. The number of hydrogen-bond acceptors (Lipinski definition) is 8. The lowest BCUT2D eigenvalue weighted by molar-refractivity contribution is 0.0287. The van der Waals surface area contributed by atoms with Crippen LogP contribution in [0.5, 0.6) is 11.8 Å². The summed E-state index contributed by atoms with van der Waals surface area (Å²) in [5.74, 6) is -1.94. The van der Waals surface area contributed by atoms with E-state index in [1.54, 1.807) is 6.92 Å². The van der Waals surface area contributed by atoms with Gasteiger partial charge in [-0.25, -0.2) is 13.2 Å². The summed E-state index contributed by atoms with van der Waals surface area (Å²) < 4.78 is 59.7. The minimum Gasteiger partial charge on any atom is -0.508 e. The lowest BCUT2D eigenvalue weighted by Gasteiger charge is -2.34. The average Bonchev–Trinajstić information content (AvgIpc) is 3.75. The molecule has 0 saturated carbocycles. The van der Waals surface area contributed by atoms with E-state index in [1.807, 2.05) is 0 Å². The van der Waals surface area contributed by atoms with Gasteiger partial charge in [-0.15, -0.1) is 0 Å². The molecular formula is C34H36F3N5O3. The van der Waals surface area contributed by atoms with Gasteiger partial charge in [0.1, 0.15) is 28.7 Å². The number of aromatic nitrogens is 2. The molecule has 0 amide bonds. The number of nitrogens with one attached hydrogen (secondary N) is 1. The number of fused-ring (bicyclic) bond motifs is 6. The number of piperazine rings is 1. The standard InChI is InChI=1S/C34H36F3N5O3/c1-2-24-27(35)7-4-18-10-22(43)12-25(29(18)24)30-28(36)13-26-32(31(30)37)39-34(40-33(26)42-14-19-5-6-20(15-42)38-19)44-9-3-8-41-16-23-11-21(41)17-45-23/h4,7,10,12-13,19-21,23,38,43H,2-3,5-6,8-9,11,14-17H2,1H3. The molecule has 4 aromatic rings. The second-order valence-electron chi connectivity index (χ2n) is 12.8. The summed E-state index contributed by atoms with van der Waals surface area (Å²) in [4.78, 5) is 13.7. The van der Waals surface area contributed by atoms with Crippen LogP contribution in [0.3, 0.4) is 0 Å². The Morgan fingerprint density at radius 3 is 2.60 bits per heavy atom. The van der Waals surface area contributed by atoms with Gasteiger partial charge >= 0.3 is 6.01 Å². The van der Waals surface area contributed by atoms with Crippen molar-refractivity contribution in [1.82, 2.24) is 20.2 Å². The summed E-state index contributed by atoms with van der Waals surface area (Å²) in [7, 11) is 0. The number of hydrogen-bond donors (Lipinski definition) is 2. The molecule has 8 nitrogen and oxygen atoms in total. The van der Waals surface area contributed by atoms with Gasteiger partial charge in [-0.2, -0.15) is 9.97 Å². The van der Waals surface area contributed by atoms with Crippen LogP contribution in [0.4, 0.5) is 19.0 Å². The van der Waals surface area contributed by atoms with Gasteiger partial charge in [-0.3, -0.25) is 4.90 Å². The van der Waals surface area contributed by atoms with Gasteiger partial charge in [0.25, 0.3) is 0 Å². The van der Waals surface area contributed by atoms with Gasteiger partial charge in [-0.05, 0) is 78.3 Å². The molecule has 2 N–H and O–H groups in total. The van der Waals surface area contributed by atoms with Gasteiger partial charge < -0.3 is 24.8 Å². The minimum absolute atomic E-state index is 0.0344. The van der Waals surface area contributed by atoms with E-state index >= 15 is 8.78 Å². The molecule has 236 valence electrons. The second-order valence-corrected chi connectivity index (χ2v) is 12.8. The van der Waals surface area contributed by atoms with Gasteiger partial charge in [0, 0.05) is 49.7 Å². The first-order chi connectivity index (χ1) is 21.9. The molecule has 4 atom stereocenters. The monoisotopic (exact) mass is 619 g/mol. The Kier molecular flexibility index (Phi) is 7.22. The largest absolute Gasteiger partial charge is 0.508 e. The number of phenols is 1. The van der Waals surface area contributed by atoms with E-state index in [1.165, 1.54) is 30.3 Å². The fourth-order valence-electron chi connectivity index (χ4n) is 7.91. The van der Waals surface area contributed by atoms with Crippen molar-refractivity contribution in [1.29, 1.82) is 0 Å². The number of morpholine rings is 1. The van der Waals surface area contributed by atoms with E-state index in [0.717, 1.165) is 45.4 Å². The van der Waals surface area contributed by atoms with Gasteiger partial charge in [0.15, 0.2) is 5.82 Å². The first kappa shape index (κ1) is 28.8. The molecule has 5 heterocycles. The molecule has 4 aliphatic rings. The highest BCUT2D eigenvalue weighted by atomic mass is 19.1. The number of aromatic hydroxyl groups is 1. The number of anilines is 1. The van der Waals surface area contributed by atoms with Crippen molar-refractivity contribution < 1.29 is 27.8 Å². The summed E-state index contributed by atoms with van der Waals surface area (Å²) in [5, 5.41) is 15.2. The molecule has 4 saturated heterocycles. The maximum Gasteiger partial charge on any atom is 0.319 e. The Morgan fingerprint density at radius 1 is 1.04 bits per heavy atom. The summed E-state index contributed by atoms with van der Waals surface area (Å²) in [6, 6.07) is 7.88. The Hall–Kier alpha value is -3.67. The van der Waals surface area contributed by atoms with Crippen molar-refractivity contribution in [2.24, 2.45) is 0 Å². The molecule has 45 heavy (non-hydrogen) atoms. The molecule has 0 spiro atoms. The normalized spacial score (nSPS) is 24.4. The number of benzene rings is 3. The fourth-order valence-corrected chi connectivity index (χ4v) is 7.91. The predicted octanol–water partition coefficient (Wildman–Crippen LogP) is 5.32. The number of halogens is 3. The zero-order valence-electron chi connectivity index (χ0n) is 25.2. The number of phenolic OH excluding ortho intramolecular Hbond substituents is 1. The van der Waals surface area contributed by atoms with E-state index in [4.69, 9.17) is 14.5 Å². The molecule has 4 unspecified atom stereocenters. The Morgan fingerprint density at radius 2 is 1.87 bits per heavy atom. The number of ether oxygens (including phenoxy) is 2. The quantitative estimate of drug-likeness (QED) is 0.257. The molecule has 4 aliphatic heterocycles. The zero-order valence-corrected chi connectivity index (χ0v) is 25.2. The zero-order chi connectivity index (χ0) is 30.8. The molecule has 3 aromatic carbocycles. The van der Waals surface area contributed by atoms with Crippen LogP contribution in [0.15, 0.2) is 30.3 Å². The van der Waals surface area contributed by atoms with Crippen molar-refractivity contribution in [3.05, 3.63) is 53.3 Å². The van der Waals surface area contributed by atoms with Crippen molar-refractivity contribution in [3.8, 4) is 22.9 Å². The van der Waals surface area contributed by atoms with Crippen LogP contribution in [-0.4, -0.2) is 83.6 Å². The highest BCUT2D eigenvalue weighted by Gasteiger charge is 2.38. The smallest absolute Gasteiger partial charge is 0.319 e. The van der Waals surface area contributed by atoms with Gasteiger partial charge in [0.2, 0.25) is 0 Å². The summed E-state index contributed by atoms with van der Waals surface area (Å²) in [6.45, 7) is 6.00. The number of rotatable bonds is 8. The van der Waals surface area contributed by atoms with E-state index < -0.39 is 17.5 Å². The van der Waals surface area contributed by atoms with Gasteiger partial charge in [0.05, 0.1) is 24.9 Å². The molecule has 1 aromatic heterocycles. The Balaban J connectivity index is 1.21. The van der Waals surface area contributed by atoms with Crippen LogP contribution in [0.2, 0.25) is 0 Å². The van der Waals surface area contributed by atoms with Crippen LogP contribution < -0.4 is 15.0 Å². The summed E-state index contributed by atoms with van der Waals surface area (Å²) in [5.41, 5.74) is -0.0453.